The highest BCUT2D eigenvalue weighted by Gasteiger charge is 2.38. The number of aryl methyl sites for hydroxylation is 2. The van der Waals surface area contributed by atoms with Gasteiger partial charge in [0.05, 0.1) is 19.1 Å². The number of alkyl halides is 3. The van der Waals surface area contributed by atoms with Crippen LogP contribution in [0.2, 0.25) is 0 Å². The van der Waals surface area contributed by atoms with Crippen LogP contribution in [-0.2, 0) is 19.1 Å². The van der Waals surface area contributed by atoms with Crippen molar-refractivity contribution in [2.45, 2.75) is 19.1 Å². The minimum Gasteiger partial charge on any atom is -0.497 e. The van der Waals surface area contributed by atoms with Gasteiger partial charge in [0.25, 0.3) is 0 Å². The van der Waals surface area contributed by atoms with Gasteiger partial charge in [0.15, 0.2) is 5.69 Å². The van der Waals surface area contributed by atoms with Crippen molar-refractivity contribution in [2.24, 2.45) is 0 Å². The molecule has 0 aliphatic rings. The number of rotatable bonds is 6. The number of nitrogens with zero attached hydrogens (tertiary/aromatic N) is 5. The number of nitrogens with one attached hydrogen (secondary N) is 1. The quantitative estimate of drug-likeness (QED) is 0.516. The molecule has 154 valence electrons. The summed E-state index contributed by atoms with van der Waals surface area (Å²) in [5.74, 6) is 0.801. The second-order valence-corrected chi connectivity index (χ2v) is 6.54. The van der Waals surface area contributed by atoms with Gasteiger partial charge in [-0.25, -0.2) is 4.98 Å². The number of methoxy groups -OCH3 is 1. The molecule has 1 aromatic carbocycles. The summed E-state index contributed by atoms with van der Waals surface area (Å²) in [6, 6.07) is 10.8. The predicted octanol–water partition coefficient (Wildman–Crippen LogP) is 4.00. The molecule has 3 aromatic heterocycles. The van der Waals surface area contributed by atoms with E-state index in [1.807, 2.05) is 40.2 Å². The van der Waals surface area contributed by atoms with Crippen molar-refractivity contribution >= 4 is 0 Å². The van der Waals surface area contributed by atoms with Gasteiger partial charge in [0.1, 0.15) is 17.1 Å². The lowest BCUT2D eigenvalue weighted by Gasteiger charge is -2.05. The Bertz CT molecular complexity index is 1130. The molecule has 0 atom stereocenters. The van der Waals surface area contributed by atoms with E-state index in [0.29, 0.717) is 17.9 Å². The topological polar surface area (TPSA) is 81.5 Å². The van der Waals surface area contributed by atoms with Crippen LogP contribution in [0.1, 0.15) is 11.3 Å². The third-order valence-electron chi connectivity index (χ3n) is 4.56. The molecule has 0 saturated carbocycles. The predicted molar refractivity (Wildman–Crippen MR) is 103 cm³/mol. The Hall–Kier alpha value is -3.69. The summed E-state index contributed by atoms with van der Waals surface area (Å²) in [4.78, 5) is 8.57. The first-order valence-electron chi connectivity index (χ1n) is 9.03. The third kappa shape index (κ3) is 4.17. The SMILES string of the molecule is COc1ccc(CCn2cnc(-c3cc(-c4n[nH]nc4C(F)(F)F)ccn3)c2)cc1. The lowest BCUT2D eigenvalue weighted by atomic mass is 10.1. The van der Waals surface area contributed by atoms with Crippen LogP contribution in [0.3, 0.4) is 0 Å². The first kappa shape index (κ1) is 19.6. The van der Waals surface area contributed by atoms with Crippen molar-refractivity contribution in [1.82, 2.24) is 29.9 Å². The molecule has 30 heavy (non-hydrogen) atoms. The molecule has 0 radical (unpaired) electrons. The fourth-order valence-electron chi connectivity index (χ4n) is 3.01. The van der Waals surface area contributed by atoms with Gasteiger partial charge >= 0.3 is 6.18 Å². The molecular weight excluding hydrogens is 397 g/mol. The number of hydrogen-bond donors (Lipinski definition) is 1. The smallest absolute Gasteiger partial charge is 0.437 e. The second kappa shape index (κ2) is 7.97. The third-order valence-corrected chi connectivity index (χ3v) is 4.56. The van der Waals surface area contributed by atoms with Crippen LogP contribution in [0.25, 0.3) is 22.6 Å². The Labute approximate surface area is 169 Å². The Balaban J connectivity index is 1.51. The van der Waals surface area contributed by atoms with Gasteiger partial charge in [0.2, 0.25) is 0 Å². The minimum absolute atomic E-state index is 0.258. The van der Waals surface area contributed by atoms with E-state index in [9.17, 15) is 13.2 Å². The van der Waals surface area contributed by atoms with Crippen LogP contribution in [0.15, 0.2) is 55.1 Å². The number of pyridine rings is 1. The highest BCUT2D eigenvalue weighted by molar-refractivity contribution is 5.67. The van der Waals surface area contributed by atoms with Crippen molar-refractivity contribution in [1.29, 1.82) is 0 Å². The molecule has 0 spiro atoms. The van der Waals surface area contributed by atoms with Gasteiger partial charge in [-0.1, -0.05) is 12.1 Å². The summed E-state index contributed by atoms with van der Waals surface area (Å²) < 4.78 is 46.4. The lowest BCUT2D eigenvalue weighted by Crippen LogP contribution is -2.07. The zero-order valence-corrected chi connectivity index (χ0v) is 15.9. The normalized spacial score (nSPS) is 11.6. The maximum atomic E-state index is 13.1. The summed E-state index contributed by atoms with van der Waals surface area (Å²) >= 11 is 0. The number of hydrogen-bond acceptors (Lipinski definition) is 5. The van der Waals surface area contributed by atoms with Gasteiger partial charge in [-0.15, -0.1) is 0 Å². The lowest BCUT2D eigenvalue weighted by molar-refractivity contribution is -0.140. The molecule has 10 heteroatoms. The van der Waals surface area contributed by atoms with Crippen LogP contribution < -0.4 is 4.74 Å². The number of ether oxygens (including phenoxy) is 1. The minimum atomic E-state index is -4.60. The molecule has 0 bridgehead atoms. The first-order valence-corrected chi connectivity index (χ1v) is 9.03. The summed E-state index contributed by atoms with van der Waals surface area (Å²) in [6.07, 6.45) is 1.10. The highest BCUT2D eigenvalue weighted by Crippen LogP contribution is 2.34. The highest BCUT2D eigenvalue weighted by atomic mass is 19.4. The largest absolute Gasteiger partial charge is 0.497 e. The molecule has 4 rings (SSSR count). The van der Waals surface area contributed by atoms with E-state index >= 15 is 0 Å². The van der Waals surface area contributed by atoms with Crippen LogP contribution in [0, 0.1) is 0 Å². The second-order valence-electron chi connectivity index (χ2n) is 6.54. The molecule has 3 heterocycles. The maximum absolute atomic E-state index is 13.1. The Kier molecular flexibility index (Phi) is 5.21. The average Bonchev–Trinajstić information content (AvgIpc) is 3.42. The molecule has 1 N–H and O–H groups in total. The molecule has 0 unspecified atom stereocenters. The van der Waals surface area contributed by atoms with E-state index in [2.05, 4.69) is 20.2 Å². The Morgan fingerprint density at radius 1 is 1.03 bits per heavy atom. The monoisotopic (exact) mass is 414 g/mol. The van der Waals surface area contributed by atoms with E-state index < -0.39 is 11.9 Å². The van der Waals surface area contributed by atoms with Gasteiger partial charge in [-0.3, -0.25) is 4.98 Å². The van der Waals surface area contributed by atoms with E-state index in [-0.39, 0.29) is 11.3 Å². The van der Waals surface area contributed by atoms with Gasteiger partial charge in [-0.05, 0) is 36.2 Å². The summed E-state index contributed by atoms with van der Waals surface area (Å²) in [6.45, 7) is 0.695. The van der Waals surface area contributed by atoms with E-state index in [1.165, 1.54) is 18.3 Å². The van der Waals surface area contributed by atoms with E-state index in [0.717, 1.165) is 17.7 Å². The fraction of sp³-hybridized carbons (Fsp3) is 0.200. The molecule has 4 aromatic rings. The summed E-state index contributed by atoms with van der Waals surface area (Å²) in [7, 11) is 1.62. The number of aromatic nitrogens is 6. The first-order chi connectivity index (χ1) is 14.4. The molecule has 0 fully saturated rings. The number of H-pyrrole nitrogens is 1. The number of imidazole rings is 1. The fourth-order valence-corrected chi connectivity index (χ4v) is 3.01. The maximum Gasteiger partial charge on any atom is 0.437 e. The molecule has 0 aliphatic heterocycles. The Morgan fingerprint density at radius 3 is 2.57 bits per heavy atom. The number of aromatic amines is 1. The van der Waals surface area contributed by atoms with Crippen LogP contribution in [-0.4, -0.2) is 37.1 Å². The van der Waals surface area contributed by atoms with Gasteiger partial charge < -0.3 is 9.30 Å². The van der Waals surface area contributed by atoms with Crippen molar-refractivity contribution in [3.05, 3.63) is 66.4 Å². The van der Waals surface area contributed by atoms with Gasteiger partial charge in [0, 0.05) is 24.5 Å². The average molecular weight is 414 g/mol. The number of halogens is 3. The summed E-state index contributed by atoms with van der Waals surface area (Å²) in [5.41, 5.74) is 1.08. The molecule has 0 amide bonds. The van der Waals surface area contributed by atoms with E-state index in [4.69, 9.17) is 4.74 Å². The molecule has 7 nitrogen and oxygen atoms in total. The van der Waals surface area contributed by atoms with Crippen LogP contribution in [0.5, 0.6) is 5.75 Å². The molecule has 0 aliphatic carbocycles. The van der Waals surface area contributed by atoms with Crippen molar-refractivity contribution in [2.75, 3.05) is 7.11 Å². The van der Waals surface area contributed by atoms with Crippen molar-refractivity contribution in [3.8, 4) is 28.4 Å². The van der Waals surface area contributed by atoms with Crippen molar-refractivity contribution in [3.63, 3.8) is 0 Å². The van der Waals surface area contributed by atoms with Crippen molar-refractivity contribution < 1.29 is 17.9 Å². The van der Waals surface area contributed by atoms with Gasteiger partial charge in [-0.2, -0.15) is 28.6 Å². The van der Waals surface area contributed by atoms with Crippen LogP contribution >= 0.6 is 0 Å². The Morgan fingerprint density at radius 2 is 1.83 bits per heavy atom. The molecule has 0 saturated heterocycles. The summed E-state index contributed by atoms with van der Waals surface area (Å²) in [5, 5.41) is 8.91. The zero-order valence-electron chi connectivity index (χ0n) is 15.9. The van der Waals surface area contributed by atoms with E-state index in [1.54, 1.807) is 13.4 Å². The molecular formula is C20H17F3N6O. The zero-order chi connectivity index (χ0) is 21.1. The number of benzene rings is 1. The van der Waals surface area contributed by atoms with Crippen LogP contribution in [0.4, 0.5) is 13.2 Å². The standard InChI is InChI=1S/C20H17F3N6O/c1-30-15-4-2-13(3-5-15)7-9-29-11-17(25-12-29)16-10-14(6-8-24-16)18-19(20(21,22)23)27-28-26-18/h2-6,8,10-12H,7,9H2,1H3,(H,26,27,28).